The number of aliphatic hydroxyl groups is 1. The highest BCUT2D eigenvalue weighted by Gasteiger charge is 2.53. The van der Waals surface area contributed by atoms with Gasteiger partial charge in [0.25, 0.3) is 5.91 Å². The van der Waals surface area contributed by atoms with Crippen LogP contribution in [0, 0.1) is 11.8 Å². The molecular formula is C25H34BrN3O6. The minimum Gasteiger partial charge on any atom is -1.00 e. The van der Waals surface area contributed by atoms with E-state index in [0.29, 0.717) is 35.4 Å². The van der Waals surface area contributed by atoms with Crippen molar-refractivity contribution in [3.05, 3.63) is 36.0 Å². The molecule has 10 heteroatoms. The smallest absolute Gasteiger partial charge is 0.343 e. The van der Waals surface area contributed by atoms with Crippen LogP contribution in [0.1, 0.15) is 56.8 Å². The largest absolute Gasteiger partial charge is 1.00 e. The maximum atomic E-state index is 13.5. The number of ether oxygens (including phenoxy) is 1. The van der Waals surface area contributed by atoms with E-state index in [1.165, 1.54) is 12.5 Å². The number of aryl methyl sites for hydroxylation is 1. The fourth-order valence-electron chi connectivity index (χ4n) is 6.17. The topological polar surface area (TPSA) is 115 Å². The van der Waals surface area contributed by atoms with Gasteiger partial charge >= 0.3 is 5.97 Å². The number of fused-ring (bicyclic) bond motifs is 3. The second kappa shape index (κ2) is 10.4. The Morgan fingerprint density at radius 3 is 2.63 bits per heavy atom. The number of halogens is 1. The van der Waals surface area contributed by atoms with Gasteiger partial charge in [-0.3, -0.25) is 4.79 Å². The number of anilines is 1. The first-order valence-electron chi connectivity index (χ1n) is 12.5. The van der Waals surface area contributed by atoms with Crippen molar-refractivity contribution in [1.82, 2.24) is 5.16 Å². The molecule has 2 aromatic rings. The van der Waals surface area contributed by atoms with E-state index in [1.807, 2.05) is 6.92 Å². The van der Waals surface area contributed by atoms with Gasteiger partial charge in [-0.15, -0.1) is 0 Å². The summed E-state index contributed by atoms with van der Waals surface area (Å²) in [6, 6.07) is 3.40. The molecule has 1 aliphatic carbocycles. The number of carbonyl (C=O) groups is 2. The summed E-state index contributed by atoms with van der Waals surface area (Å²) in [4.78, 5) is 26.3. The minimum absolute atomic E-state index is 0. The number of esters is 1. The highest BCUT2D eigenvalue weighted by atomic mass is 79.9. The van der Waals surface area contributed by atoms with E-state index in [9.17, 15) is 14.7 Å². The van der Waals surface area contributed by atoms with Crippen LogP contribution in [0.3, 0.4) is 0 Å². The Balaban J connectivity index is 0.00000289. The summed E-state index contributed by atoms with van der Waals surface area (Å²) in [5, 5.41) is 18.4. The third-order valence-corrected chi connectivity index (χ3v) is 8.17. The molecule has 2 aromatic heterocycles. The molecule has 1 amide bonds. The van der Waals surface area contributed by atoms with Gasteiger partial charge in [0.1, 0.15) is 12.3 Å². The van der Waals surface area contributed by atoms with Gasteiger partial charge in [-0.25, -0.2) is 4.79 Å². The average Bonchev–Trinajstić information content (AvgIpc) is 3.62. The summed E-state index contributed by atoms with van der Waals surface area (Å²) >= 11 is 0. The van der Waals surface area contributed by atoms with Gasteiger partial charge in [0.05, 0.1) is 25.6 Å². The van der Waals surface area contributed by atoms with Gasteiger partial charge in [-0.1, -0.05) is 24.9 Å². The fraction of sp³-hybridized carbons (Fsp3) is 0.640. The first kappa shape index (κ1) is 25.9. The molecule has 6 rings (SSSR count). The predicted octanol–water partition coefficient (Wildman–Crippen LogP) is 0.00270. The van der Waals surface area contributed by atoms with Crippen LogP contribution < -0.4 is 22.3 Å². The number of hydrogen-bond donors (Lipinski definition) is 2. The highest BCUT2D eigenvalue weighted by molar-refractivity contribution is 5.90. The Morgan fingerprint density at radius 2 is 2.00 bits per heavy atom. The second-order valence-electron chi connectivity index (χ2n) is 10.3. The van der Waals surface area contributed by atoms with Crippen LogP contribution in [0.4, 0.5) is 5.82 Å². The summed E-state index contributed by atoms with van der Waals surface area (Å²) in [5.41, 5.74) is -1.23. The fourth-order valence-corrected chi connectivity index (χ4v) is 6.17. The van der Waals surface area contributed by atoms with E-state index in [-0.39, 0.29) is 40.8 Å². The SMILES string of the molecule is CCc1cc(NC(=O)C[N+]23CCC(CC2)[C@@H](OC(=O)C(O)(c2ccoc2)C2CCCC2)C3)no1.[Br-]. The highest BCUT2D eigenvalue weighted by Crippen LogP contribution is 2.43. The number of piperidine rings is 3. The van der Waals surface area contributed by atoms with Gasteiger partial charge in [0.2, 0.25) is 0 Å². The molecule has 2 N–H and O–H groups in total. The van der Waals surface area contributed by atoms with Gasteiger partial charge in [0.15, 0.2) is 24.1 Å². The maximum Gasteiger partial charge on any atom is 0.343 e. The molecule has 2 atom stereocenters. The molecule has 5 heterocycles. The maximum absolute atomic E-state index is 13.5. The molecule has 1 unspecified atom stereocenters. The van der Waals surface area contributed by atoms with Gasteiger partial charge in [-0.05, 0) is 18.9 Å². The average molecular weight is 552 g/mol. The molecule has 192 valence electrons. The van der Waals surface area contributed by atoms with E-state index < -0.39 is 11.6 Å². The molecule has 9 nitrogen and oxygen atoms in total. The van der Waals surface area contributed by atoms with Crippen molar-refractivity contribution in [2.45, 2.75) is 63.6 Å². The monoisotopic (exact) mass is 551 g/mol. The van der Waals surface area contributed by atoms with E-state index in [2.05, 4.69) is 10.5 Å². The first-order chi connectivity index (χ1) is 16.4. The standard InChI is InChI=1S/C25H33N3O6.BrH/c1-2-20-13-22(27-34-20)26-23(29)15-28-10-7-17(8-11-28)21(14-28)33-24(30)25(31,18-5-3-4-6-18)19-9-12-32-16-19;/h9,12-13,16-18,21,31H,2-8,10-11,14-15H2,1H3;1H/t17?,21-,25?,28?;/m0./s1. The zero-order valence-corrected chi connectivity index (χ0v) is 21.7. The second-order valence-corrected chi connectivity index (χ2v) is 10.3. The molecule has 35 heavy (non-hydrogen) atoms. The number of rotatable bonds is 8. The molecule has 1 saturated carbocycles. The van der Waals surface area contributed by atoms with Crippen molar-refractivity contribution >= 4 is 17.7 Å². The predicted molar refractivity (Wildman–Crippen MR) is 121 cm³/mol. The summed E-state index contributed by atoms with van der Waals surface area (Å²) < 4.78 is 17.0. The van der Waals surface area contributed by atoms with Gasteiger partial charge in [0, 0.05) is 42.7 Å². The Kier molecular flexibility index (Phi) is 7.73. The van der Waals surface area contributed by atoms with Crippen molar-refractivity contribution in [2.24, 2.45) is 11.8 Å². The molecular weight excluding hydrogens is 518 g/mol. The van der Waals surface area contributed by atoms with Crippen LogP contribution in [0.15, 0.2) is 33.6 Å². The van der Waals surface area contributed by atoms with Gasteiger partial charge in [-0.2, -0.15) is 0 Å². The third kappa shape index (κ3) is 5.06. The molecule has 4 fully saturated rings. The number of nitrogens with one attached hydrogen (secondary N) is 1. The van der Waals surface area contributed by atoms with Crippen LogP contribution in [-0.2, 0) is 26.3 Å². The molecule has 4 aliphatic rings. The van der Waals surface area contributed by atoms with Crippen LogP contribution in [0.25, 0.3) is 0 Å². The van der Waals surface area contributed by atoms with E-state index in [0.717, 1.165) is 57.4 Å². The van der Waals surface area contributed by atoms with Gasteiger partial charge < -0.3 is 45.6 Å². The lowest BCUT2D eigenvalue weighted by atomic mass is 9.80. The zero-order valence-electron chi connectivity index (χ0n) is 20.1. The van der Waals surface area contributed by atoms with Crippen molar-refractivity contribution in [2.75, 3.05) is 31.5 Å². The third-order valence-electron chi connectivity index (χ3n) is 8.17. The first-order valence-corrected chi connectivity index (χ1v) is 12.5. The van der Waals surface area contributed by atoms with Crippen LogP contribution in [0.5, 0.6) is 0 Å². The number of furan rings is 1. The summed E-state index contributed by atoms with van der Waals surface area (Å²) in [5.74, 6) is 0.520. The number of aromatic nitrogens is 1. The lowest BCUT2D eigenvalue weighted by Crippen LogP contribution is -3.00. The number of amides is 1. The zero-order chi connectivity index (χ0) is 23.8. The molecule has 0 aromatic carbocycles. The quantitative estimate of drug-likeness (QED) is 0.350. The normalized spacial score (nSPS) is 27.7. The van der Waals surface area contributed by atoms with Crippen LogP contribution in [-0.4, -0.2) is 58.9 Å². The lowest BCUT2D eigenvalue weighted by molar-refractivity contribution is -0.939. The summed E-state index contributed by atoms with van der Waals surface area (Å²) in [6.07, 6.45) is 8.65. The van der Waals surface area contributed by atoms with Crippen molar-refractivity contribution in [1.29, 1.82) is 0 Å². The minimum atomic E-state index is -1.69. The van der Waals surface area contributed by atoms with Crippen molar-refractivity contribution in [3.63, 3.8) is 0 Å². The van der Waals surface area contributed by atoms with Crippen molar-refractivity contribution < 1.29 is 49.8 Å². The van der Waals surface area contributed by atoms with Crippen LogP contribution >= 0.6 is 0 Å². The number of nitrogens with zero attached hydrogens (tertiary/aromatic N) is 2. The molecule has 2 bridgehead atoms. The van der Waals surface area contributed by atoms with Crippen molar-refractivity contribution in [3.8, 4) is 0 Å². The Morgan fingerprint density at radius 1 is 1.26 bits per heavy atom. The number of quaternary nitrogens is 1. The molecule has 0 spiro atoms. The summed E-state index contributed by atoms with van der Waals surface area (Å²) in [7, 11) is 0. The van der Waals surface area contributed by atoms with E-state index >= 15 is 0 Å². The summed E-state index contributed by atoms with van der Waals surface area (Å²) in [6.45, 7) is 4.59. The van der Waals surface area contributed by atoms with E-state index in [1.54, 1.807) is 12.1 Å². The lowest BCUT2D eigenvalue weighted by Gasteiger charge is -2.51. The Hall–Kier alpha value is -2.17. The Labute approximate surface area is 215 Å². The Bertz CT molecular complexity index is 1010. The van der Waals surface area contributed by atoms with Crippen LogP contribution in [0.2, 0.25) is 0 Å². The molecule has 3 saturated heterocycles. The molecule has 0 radical (unpaired) electrons. The van der Waals surface area contributed by atoms with E-state index in [4.69, 9.17) is 13.7 Å². The molecule has 3 aliphatic heterocycles. The number of hydrogen-bond acceptors (Lipinski definition) is 7. The number of carbonyl (C=O) groups excluding carboxylic acids is 2.